The zero-order chi connectivity index (χ0) is 23.7. The fourth-order valence-corrected chi connectivity index (χ4v) is 4.55. The maximum absolute atomic E-state index is 14.3. The second kappa shape index (κ2) is 9.53. The first-order chi connectivity index (χ1) is 14.8. The molecule has 180 valence electrons. The lowest BCUT2D eigenvalue weighted by Gasteiger charge is -2.32. The first-order valence-electron chi connectivity index (χ1n) is 11.1. The van der Waals surface area contributed by atoms with Crippen molar-refractivity contribution in [2.75, 3.05) is 26.2 Å². The molecule has 1 aliphatic carbocycles. The van der Waals surface area contributed by atoms with Gasteiger partial charge in [0.1, 0.15) is 22.9 Å². The van der Waals surface area contributed by atoms with E-state index in [9.17, 15) is 26.7 Å². The number of halogens is 5. The number of benzene rings is 1. The fraction of sp³-hybridized carbons (Fsp3) is 0.696. The Kier molecular flexibility index (Phi) is 7.37. The van der Waals surface area contributed by atoms with Gasteiger partial charge in [-0.3, -0.25) is 9.69 Å². The highest BCUT2D eigenvalue weighted by molar-refractivity contribution is 5.95. The highest BCUT2D eigenvalue weighted by atomic mass is 19.4. The molecule has 1 heterocycles. The molecule has 32 heavy (non-hydrogen) atoms. The molecule has 0 aromatic heterocycles. The lowest BCUT2D eigenvalue weighted by Crippen LogP contribution is -2.41. The number of carbonyl (C=O) groups excluding carboxylic acids is 1. The standard InChI is InChI=1S/C23H31F5N2O2/c1-22(2,3)29-21(31)20-18(24)11-16(12-19(20)25)32-9-6-15-10-17(15)14-4-7-30(8-5-14)13-23(26,27)28/h11-12,14-15,17H,4-10,13H2,1-3H3,(H,29,31)/t15-,17-/m1/s1. The molecule has 2 aliphatic rings. The van der Waals surface area contributed by atoms with Crippen LogP contribution in [0.1, 0.15) is 56.8 Å². The second-order valence-electron chi connectivity index (χ2n) is 9.99. The normalized spacial score (nSPS) is 22.6. The molecule has 1 aliphatic heterocycles. The molecule has 1 aromatic carbocycles. The molecule has 0 radical (unpaired) electrons. The van der Waals surface area contributed by atoms with E-state index in [-0.39, 0.29) is 5.75 Å². The van der Waals surface area contributed by atoms with Crippen molar-refractivity contribution in [3.8, 4) is 5.75 Å². The molecular formula is C23H31F5N2O2. The Morgan fingerprint density at radius 1 is 1.12 bits per heavy atom. The number of nitrogens with one attached hydrogen (secondary N) is 1. The summed E-state index contributed by atoms with van der Waals surface area (Å²) in [5.74, 6) is -1.39. The van der Waals surface area contributed by atoms with Crippen molar-refractivity contribution in [2.45, 2.75) is 58.2 Å². The maximum Gasteiger partial charge on any atom is 0.401 e. The Bertz CT molecular complexity index is 791. The summed E-state index contributed by atoms with van der Waals surface area (Å²) in [5.41, 5.74) is -1.26. The van der Waals surface area contributed by atoms with E-state index in [4.69, 9.17) is 4.74 Å². The number of alkyl halides is 3. The third-order valence-corrected chi connectivity index (χ3v) is 6.11. The predicted octanol–water partition coefficient (Wildman–Crippen LogP) is 5.17. The Morgan fingerprint density at radius 3 is 2.25 bits per heavy atom. The van der Waals surface area contributed by atoms with Crippen LogP contribution in [0.5, 0.6) is 5.75 Å². The molecule has 0 bridgehead atoms. The van der Waals surface area contributed by atoms with Crippen molar-refractivity contribution < 1.29 is 31.5 Å². The molecule has 0 unspecified atom stereocenters. The summed E-state index contributed by atoms with van der Waals surface area (Å²) in [6.07, 6.45) is -0.871. The Hall–Kier alpha value is -1.90. The van der Waals surface area contributed by atoms with Crippen molar-refractivity contribution >= 4 is 5.91 Å². The van der Waals surface area contributed by atoms with E-state index >= 15 is 0 Å². The fourth-order valence-electron chi connectivity index (χ4n) is 4.55. The van der Waals surface area contributed by atoms with Gasteiger partial charge in [-0.2, -0.15) is 13.2 Å². The number of nitrogens with zero attached hydrogens (tertiary/aromatic N) is 1. The van der Waals surface area contributed by atoms with Gasteiger partial charge < -0.3 is 10.1 Å². The first-order valence-corrected chi connectivity index (χ1v) is 11.1. The minimum Gasteiger partial charge on any atom is -0.493 e. The van der Waals surface area contributed by atoms with Crippen LogP contribution in [-0.4, -0.2) is 48.8 Å². The third-order valence-electron chi connectivity index (χ3n) is 6.11. The van der Waals surface area contributed by atoms with Gasteiger partial charge in [0.05, 0.1) is 13.2 Å². The molecule has 1 saturated heterocycles. The van der Waals surface area contributed by atoms with Gasteiger partial charge in [0.25, 0.3) is 5.91 Å². The van der Waals surface area contributed by atoms with Gasteiger partial charge in [0, 0.05) is 17.7 Å². The monoisotopic (exact) mass is 462 g/mol. The van der Waals surface area contributed by atoms with E-state index < -0.39 is 41.4 Å². The maximum atomic E-state index is 14.3. The van der Waals surface area contributed by atoms with Gasteiger partial charge in [-0.05, 0) is 77.3 Å². The van der Waals surface area contributed by atoms with Crippen LogP contribution in [0, 0.1) is 29.4 Å². The molecule has 1 saturated carbocycles. The highest BCUT2D eigenvalue weighted by Gasteiger charge is 2.44. The Labute approximate surface area is 185 Å². The van der Waals surface area contributed by atoms with Crippen molar-refractivity contribution in [3.05, 3.63) is 29.3 Å². The van der Waals surface area contributed by atoms with Gasteiger partial charge >= 0.3 is 6.18 Å². The summed E-state index contributed by atoms with van der Waals surface area (Å²) >= 11 is 0. The number of likely N-dealkylation sites (tertiary alicyclic amines) is 1. The van der Waals surface area contributed by atoms with Crippen molar-refractivity contribution in [3.63, 3.8) is 0 Å². The average Bonchev–Trinajstić information content (AvgIpc) is 3.38. The Morgan fingerprint density at radius 2 is 1.72 bits per heavy atom. The van der Waals surface area contributed by atoms with Crippen LogP contribution in [0.25, 0.3) is 0 Å². The zero-order valence-electron chi connectivity index (χ0n) is 18.7. The highest BCUT2D eigenvalue weighted by Crippen LogP contribution is 2.49. The quantitative estimate of drug-likeness (QED) is 0.569. The number of amides is 1. The summed E-state index contributed by atoms with van der Waals surface area (Å²) in [6.45, 7) is 5.54. The first kappa shape index (κ1) is 24.7. The number of hydrogen-bond donors (Lipinski definition) is 1. The van der Waals surface area contributed by atoms with Gasteiger partial charge in [0.2, 0.25) is 0 Å². The molecular weight excluding hydrogens is 431 g/mol. The molecule has 3 rings (SSSR count). The van der Waals surface area contributed by atoms with Crippen LogP contribution < -0.4 is 10.1 Å². The van der Waals surface area contributed by atoms with Crippen molar-refractivity contribution in [2.24, 2.45) is 17.8 Å². The largest absolute Gasteiger partial charge is 0.493 e. The van der Waals surface area contributed by atoms with Crippen molar-refractivity contribution in [1.29, 1.82) is 0 Å². The molecule has 1 aromatic rings. The van der Waals surface area contributed by atoms with E-state index in [1.807, 2.05) is 0 Å². The number of carbonyl (C=O) groups is 1. The van der Waals surface area contributed by atoms with Crippen LogP contribution in [0.2, 0.25) is 0 Å². The van der Waals surface area contributed by atoms with Gasteiger partial charge in [-0.1, -0.05) is 0 Å². The smallest absolute Gasteiger partial charge is 0.401 e. The number of ether oxygens (including phenoxy) is 1. The van der Waals surface area contributed by atoms with E-state index in [1.54, 1.807) is 20.8 Å². The van der Waals surface area contributed by atoms with Crippen molar-refractivity contribution in [1.82, 2.24) is 10.2 Å². The minimum absolute atomic E-state index is 0.0324. The van der Waals surface area contributed by atoms with E-state index in [2.05, 4.69) is 5.32 Å². The van der Waals surface area contributed by atoms with Crippen LogP contribution in [0.4, 0.5) is 22.0 Å². The average molecular weight is 463 g/mol. The molecule has 2 fully saturated rings. The third kappa shape index (κ3) is 7.05. The summed E-state index contributed by atoms with van der Waals surface area (Å²) in [7, 11) is 0. The minimum atomic E-state index is -4.15. The van der Waals surface area contributed by atoms with E-state index in [1.165, 1.54) is 4.90 Å². The van der Waals surface area contributed by atoms with Crippen LogP contribution >= 0.6 is 0 Å². The molecule has 1 N–H and O–H groups in total. The lowest BCUT2D eigenvalue weighted by atomic mass is 9.90. The van der Waals surface area contributed by atoms with Crippen LogP contribution in [-0.2, 0) is 0 Å². The van der Waals surface area contributed by atoms with E-state index in [0.29, 0.717) is 37.5 Å². The molecule has 9 heteroatoms. The summed E-state index contributed by atoms with van der Waals surface area (Å²) < 4.78 is 71.7. The zero-order valence-corrected chi connectivity index (χ0v) is 18.7. The SMILES string of the molecule is CC(C)(C)NC(=O)c1c(F)cc(OCC[C@@H]2C[C@@H]2C2CCN(CC(F)(F)F)CC2)cc1F. The van der Waals surface area contributed by atoms with Gasteiger partial charge in [-0.25, -0.2) is 8.78 Å². The lowest BCUT2D eigenvalue weighted by molar-refractivity contribution is -0.148. The van der Waals surface area contributed by atoms with Gasteiger partial charge in [-0.15, -0.1) is 0 Å². The van der Waals surface area contributed by atoms with E-state index in [0.717, 1.165) is 37.8 Å². The predicted molar refractivity (Wildman–Crippen MR) is 111 cm³/mol. The summed E-state index contributed by atoms with van der Waals surface area (Å²) in [6, 6.07) is 2.03. The Balaban J connectivity index is 1.43. The molecule has 4 nitrogen and oxygen atoms in total. The molecule has 0 spiro atoms. The second-order valence-corrected chi connectivity index (χ2v) is 9.99. The van der Waals surface area contributed by atoms with Crippen LogP contribution in [0.3, 0.4) is 0 Å². The number of rotatable bonds is 7. The number of piperidine rings is 1. The summed E-state index contributed by atoms with van der Waals surface area (Å²) in [5, 5.41) is 2.53. The van der Waals surface area contributed by atoms with Gasteiger partial charge in [0.15, 0.2) is 0 Å². The molecule has 1 amide bonds. The number of hydrogen-bond acceptors (Lipinski definition) is 3. The molecule has 2 atom stereocenters. The topological polar surface area (TPSA) is 41.6 Å². The summed E-state index contributed by atoms with van der Waals surface area (Å²) in [4.78, 5) is 13.6. The van der Waals surface area contributed by atoms with Crippen LogP contribution in [0.15, 0.2) is 12.1 Å².